The second kappa shape index (κ2) is 7.62. The van der Waals surface area contributed by atoms with Gasteiger partial charge in [-0.2, -0.15) is 0 Å². The van der Waals surface area contributed by atoms with Crippen LogP contribution in [0.1, 0.15) is 23.6 Å². The van der Waals surface area contributed by atoms with Gasteiger partial charge < -0.3 is 10.1 Å². The van der Waals surface area contributed by atoms with Gasteiger partial charge in [-0.3, -0.25) is 9.69 Å². The molecule has 1 aliphatic rings. The third kappa shape index (κ3) is 3.89. The minimum absolute atomic E-state index is 0.199. The molecule has 0 radical (unpaired) electrons. The van der Waals surface area contributed by atoms with E-state index in [9.17, 15) is 9.59 Å². The second-order valence-electron chi connectivity index (χ2n) is 5.98. The van der Waals surface area contributed by atoms with Crippen LogP contribution in [-0.4, -0.2) is 23.4 Å². The molecule has 1 fully saturated rings. The first kappa shape index (κ1) is 18.0. The maximum Gasteiger partial charge on any atom is 0.329 e. The predicted octanol–water partition coefficient (Wildman–Crippen LogP) is 4.14. The van der Waals surface area contributed by atoms with Crippen molar-refractivity contribution in [1.29, 1.82) is 0 Å². The van der Waals surface area contributed by atoms with Crippen LogP contribution in [0.2, 0.25) is 5.02 Å². The summed E-state index contributed by atoms with van der Waals surface area (Å²) < 4.78 is 5.56. The van der Waals surface area contributed by atoms with Crippen LogP contribution < -0.4 is 10.1 Å². The Balaban J connectivity index is 1.85. The minimum Gasteiger partial charge on any atom is -0.493 e. The van der Waals surface area contributed by atoms with Gasteiger partial charge in [0.15, 0.2) is 0 Å². The molecule has 26 heavy (non-hydrogen) atoms. The first-order valence-electron chi connectivity index (χ1n) is 8.30. The average molecular weight is 371 g/mol. The summed E-state index contributed by atoms with van der Waals surface area (Å²) in [5.74, 6) is 0.224. The van der Waals surface area contributed by atoms with Crippen LogP contribution in [0.25, 0.3) is 6.08 Å². The Labute approximate surface area is 157 Å². The summed E-state index contributed by atoms with van der Waals surface area (Å²) in [6.45, 7) is 4.56. The van der Waals surface area contributed by atoms with Crippen LogP contribution >= 0.6 is 11.6 Å². The molecule has 1 N–H and O–H groups in total. The highest BCUT2D eigenvalue weighted by atomic mass is 35.5. The lowest BCUT2D eigenvalue weighted by Gasteiger charge is -2.12. The lowest BCUT2D eigenvalue weighted by molar-refractivity contribution is -0.123. The standard InChI is InChI=1S/C20H19ClN2O3/c1-3-26-18-9-8-16(21)10-15(18)11-17-19(24)23(20(25)22-17)12-14-6-4-13(2)5-7-14/h4-11H,3,12H2,1-2H3,(H,22,25)/b17-11-. The molecular weight excluding hydrogens is 352 g/mol. The van der Waals surface area contributed by atoms with E-state index in [1.165, 1.54) is 4.90 Å². The number of benzene rings is 2. The molecule has 6 heteroatoms. The first-order chi connectivity index (χ1) is 12.5. The molecule has 5 nitrogen and oxygen atoms in total. The monoisotopic (exact) mass is 370 g/mol. The molecule has 2 aromatic rings. The number of nitrogens with zero attached hydrogens (tertiary/aromatic N) is 1. The SMILES string of the molecule is CCOc1ccc(Cl)cc1/C=C1\NC(=O)N(Cc2ccc(C)cc2)C1=O. The van der Waals surface area contributed by atoms with Crippen molar-refractivity contribution in [2.24, 2.45) is 0 Å². The highest BCUT2D eigenvalue weighted by molar-refractivity contribution is 6.30. The molecule has 0 saturated carbocycles. The largest absolute Gasteiger partial charge is 0.493 e. The normalized spacial score (nSPS) is 15.5. The number of imide groups is 1. The molecule has 0 atom stereocenters. The summed E-state index contributed by atoms with van der Waals surface area (Å²) in [7, 11) is 0. The molecule has 0 spiro atoms. The fraction of sp³-hybridized carbons (Fsp3) is 0.200. The molecule has 3 rings (SSSR count). The van der Waals surface area contributed by atoms with Gasteiger partial charge in [0, 0.05) is 10.6 Å². The first-order valence-corrected chi connectivity index (χ1v) is 8.68. The molecule has 1 aliphatic heterocycles. The van der Waals surface area contributed by atoms with E-state index in [2.05, 4.69) is 5.32 Å². The number of amides is 3. The van der Waals surface area contributed by atoms with Crippen molar-refractivity contribution >= 4 is 29.6 Å². The van der Waals surface area contributed by atoms with Crippen molar-refractivity contribution in [2.75, 3.05) is 6.61 Å². The Bertz CT molecular complexity index is 875. The third-order valence-electron chi connectivity index (χ3n) is 4.00. The smallest absolute Gasteiger partial charge is 0.329 e. The fourth-order valence-corrected chi connectivity index (χ4v) is 2.85. The van der Waals surface area contributed by atoms with Crippen molar-refractivity contribution in [2.45, 2.75) is 20.4 Å². The average Bonchev–Trinajstić information content (AvgIpc) is 2.87. The zero-order valence-electron chi connectivity index (χ0n) is 14.6. The van der Waals surface area contributed by atoms with Crippen molar-refractivity contribution in [1.82, 2.24) is 10.2 Å². The summed E-state index contributed by atoms with van der Waals surface area (Å²) in [4.78, 5) is 26.1. The maximum absolute atomic E-state index is 12.6. The summed E-state index contributed by atoms with van der Waals surface area (Å²) in [5.41, 5.74) is 2.85. The lowest BCUT2D eigenvalue weighted by Crippen LogP contribution is -2.30. The van der Waals surface area contributed by atoms with E-state index >= 15 is 0 Å². The van der Waals surface area contributed by atoms with E-state index < -0.39 is 6.03 Å². The van der Waals surface area contributed by atoms with Crippen molar-refractivity contribution in [3.63, 3.8) is 0 Å². The van der Waals surface area contributed by atoms with Gasteiger partial charge in [-0.05, 0) is 43.7 Å². The Kier molecular flexibility index (Phi) is 5.28. The Hall–Kier alpha value is -2.79. The van der Waals surface area contributed by atoms with E-state index in [1.54, 1.807) is 24.3 Å². The summed E-state index contributed by atoms with van der Waals surface area (Å²) in [6, 6.07) is 12.4. The van der Waals surface area contributed by atoms with Crippen LogP contribution in [0.5, 0.6) is 5.75 Å². The number of carbonyl (C=O) groups is 2. The van der Waals surface area contributed by atoms with E-state index in [-0.39, 0.29) is 18.1 Å². The quantitative estimate of drug-likeness (QED) is 0.635. The summed E-state index contributed by atoms with van der Waals surface area (Å²) in [6.07, 6.45) is 1.59. The van der Waals surface area contributed by atoms with E-state index in [4.69, 9.17) is 16.3 Å². The van der Waals surface area contributed by atoms with Gasteiger partial charge in [0.2, 0.25) is 0 Å². The summed E-state index contributed by atoms with van der Waals surface area (Å²) >= 11 is 6.05. The van der Waals surface area contributed by atoms with Gasteiger partial charge >= 0.3 is 6.03 Å². The van der Waals surface area contributed by atoms with Crippen LogP contribution in [0.3, 0.4) is 0 Å². The number of nitrogens with one attached hydrogen (secondary N) is 1. The number of hydrogen-bond acceptors (Lipinski definition) is 3. The minimum atomic E-state index is -0.443. The van der Waals surface area contributed by atoms with Crippen molar-refractivity contribution in [3.05, 3.63) is 69.9 Å². The van der Waals surface area contributed by atoms with E-state index in [1.807, 2.05) is 38.1 Å². The number of halogens is 1. The fourth-order valence-electron chi connectivity index (χ4n) is 2.67. The molecule has 134 valence electrons. The number of ether oxygens (including phenoxy) is 1. The Morgan fingerprint density at radius 3 is 2.58 bits per heavy atom. The highest BCUT2D eigenvalue weighted by Crippen LogP contribution is 2.26. The number of urea groups is 1. The Morgan fingerprint density at radius 2 is 1.88 bits per heavy atom. The van der Waals surface area contributed by atoms with Gasteiger partial charge in [0.1, 0.15) is 11.4 Å². The molecule has 0 aromatic heterocycles. The second-order valence-corrected chi connectivity index (χ2v) is 6.42. The van der Waals surface area contributed by atoms with Crippen molar-refractivity contribution < 1.29 is 14.3 Å². The van der Waals surface area contributed by atoms with Crippen molar-refractivity contribution in [3.8, 4) is 5.75 Å². The summed E-state index contributed by atoms with van der Waals surface area (Å²) in [5, 5.41) is 3.14. The van der Waals surface area contributed by atoms with Gasteiger partial charge in [0.25, 0.3) is 5.91 Å². The number of aryl methyl sites for hydroxylation is 1. The number of hydrogen-bond donors (Lipinski definition) is 1. The van der Waals surface area contributed by atoms with Crippen LogP contribution in [-0.2, 0) is 11.3 Å². The van der Waals surface area contributed by atoms with Crippen LogP contribution in [0.15, 0.2) is 48.2 Å². The topological polar surface area (TPSA) is 58.6 Å². The predicted molar refractivity (Wildman–Crippen MR) is 101 cm³/mol. The number of rotatable bonds is 5. The molecule has 0 bridgehead atoms. The molecule has 0 aliphatic carbocycles. The molecule has 1 heterocycles. The third-order valence-corrected chi connectivity index (χ3v) is 4.23. The van der Waals surface area contributed by atoms with Gasteiger partial charge in [-0.25, -0.2) is 4.79 Å². The van der Waals surface area contributed by atoms with E-state index in [0.717, 1.165) is 11.1 Å². The van der Waals surface area contributed by atoms with Crippen LogP contribution in [0.4, 0.5) is 4.79 Å². The zero-order chi connectivity index (χ0) is 18.7. The Morgan fingerprint density at radius 1 is 1.15 bits per heavy atom. The van der Waals surface area contributed by atoms with Gasteiger partial charge in [-0.1, -0.05) is 41.4 Å². The molecule has 0 unspecified atom stereocenters. The lowest BCUT2D eigenvalue weighted by atomic mass is 10.1. The van der Waals surface area contributed by atoms with Gasteiger partial charge in [0.05, 0.1) is 13.2 Å². The van der Waals surface area contributed by atoms with Gasteiger partial charge in [-0.15, -0.1) is 0 Å². The van der Waals surface area contributed by atoms with Crippen LogP contribution in [0, 0.1) is 6.92 Å². The maximum atomic E-state index is 12.6. The number of carbonyl (C=O) groups excluding carboxylic acids is 2. The molecule has 2 aromatic carbocycles. The molecule has 3 amide bonds. The van der Waals surface area contributed by atoms with E-state index in [0.29, 0.717) is 22.9 Å². The molecular formula is C20H19ClN2O3. The molecule has 1 saturated heterocycles. The zero-order valence-corrected chi connectivity index (χ0v) is 15.3. The highest BCUT2D eigenvalue weighted by Gasteiger charge is 2.33.